The lowest BCUT2D eigenvalue weighted by atomic mass is 10.2. The summed E-state index contributed by atoms with van der Waals surface area (Å²) in [5.41, 5.74) is -0.0962. The minimum atomic E-state index is -1.09. The van der Waals surface area contributed by atoms with E-state index in [0.29, 0.717) is 12.5 Å². The van der Waals surface area contributed by atoms with E-state index in [0.717, 1.165) is 17.0 Å². The summed E-state index contributed by atoms with van der Waals surface area (Å²) in [5, 5.41) is 8.64. The molecule has 1 aromatic carbocycles. The first-order valence-electron chi connectivity index (χ1n) is 5.93. The van der Waals surface area contributed by atoms with E-state index in [2.05, 4.69) is 0 Å². The molecule has 0 aliphatic rings. The number of halogens is 2. The summed E-state index contributed by atoms with van der Waals surface area (Å²) in [5.74, 6) is -3.09. The van der Waals surface area contributed by atoms with Gasteiger partial charge in [0, 0.05) is 19.0 Å². The summed E-state index contributed by atoms with van der Waals surface area (Å²) in [6.45, 7) is 1.64. The Hall–Kier alpha value is -1.98. The molecule has 0 fully saturated rings. The molecule has 0 radical (unpaired) electrons. The van der Waals surface area contributed by atoms with Gasteiger partial charge in [0.25, 0.3) is 0 Å². The molecule has 0 spiro atoms. The van der Waals surface area contributed by atoms with Crippen LogP contribution in [-0.4, -0.2) is 23.5 Å². The SMILES string of the molecule is CCCC(=O)N(CCC(=O)O)c1ccc(F)cc1F. The number of anilines is 1. The third kappa shape index (κ3) is 4.31. The van der Waals surface area contributed by atoms with Crippen LogP contribution in [0.1, 0.15) is 26.2 Å². The van der Waals surface area contributed by atoms with Crippen LogP contribution >= 0.6 is 0 Å². The fraction of sp³-hybridized carbons (Fsp3) is 0.385. The predicted octanol–water partition coefficient (Wildman–Crippen LogP) is 2.57. The minimum absolute atomic E-state index is 0.0962. The molecule has 1 amide bonds. The number of aliphatic carboxylic acids is 1. The summed E-state index contributed by atoms with van der Waals surface area (Å²) in [6, 6.07) is 2.84. The van der Waals surface area contributed by atoms with Crippen LogP contribution < -0.4 is 4.90 Å². The van der Waals surface area contributed by atoms with Gasteiger partial charge in [0.1, 0.15) is 11.6 Å². The highest BCUT2D eigenvalue weighted by atomic mass is 19.1. The number of carbonyl (C=O) groups excluding carboxylic acids is 1. The second-order valence-corrected chi connectivity index (χ2v) is 4.03. The third-order valence-electron chi connectivity index (χ3n) is 2.51. The van der Waals surface area contributed by atoms with Crippen LogP contribution in [0.15, 0.2) is 18.2 Å². The third-order valence-corrected chi connectivity index (χ3v) is 2.51. The molecule has 0 unspecified atom stereocenters. The minimum Gasteiger partial charge on any atom is -0.481 e. The zero-order chi connectivity index (χ0) is 14.4. The molecular weight excluding hydrogens is 256 g/mol. The molecule has 4 nitrogen and oxygen atoms in total. The van der Waals surface area contributed by atoms with Crippen molar-refractivity contribution in [1.29, 1.82) is 0 Å². The molecule has 104 valence electrons. The van der Waals surface area contributed by atoms with Crippen molar-refractivity contribution in [1.82, 2.24) is 0 Å². The molecule has 0 heterocycles. The average molecular weight is 271 g/mol. The van der Waals surface area contributed by atoms with Crippen molar-refractivity contribution in [2.75, 3.05) is 11.4 Å². The maximum Gasteiger partial charge on any atom is 0.305 e. The second-order valence-electron chi connectivity index (χ2n) is 4.03. The Bertz CT molecular complexity index is 477. The van der Waals surface area contributed by atoms with E-state index in [-0.39, 0.29) is 31.0 Å². The van der Waals surface area contributed by atoms with Gasteiger partial charge in [-0.3, -0.25) is 9.59 Å². The van der Waals surface area contributed by atoms with Gasteiger partial charge in [-0.25, -0.2) is 8.78 Å². The summed E-state index contributed by atoms with van der Waals surface area (Å²) in [7, 11) is 0. The molecule has 1 N–H and O–H groups in total. The van der Waals surface area contributed by atoms with Crippen LogP contribution in [0.2, 0.25) is 0 Å². The quantitative estimate of drug-likeness (QED) is 0.865. The largest absolute Gasteiger partial charge is 0.481 e. The number of rotatable bonds is 6. The van der Waals surface area contributed by atoms with Crippen LogP contribution in [0.25, 0.3) is 0 Å². The molecule has 0 aliphatic carbocycles. The lowest BCUT2D eigenvalue weighted by Gasteiger charge is -2.22. The van der Waals surface area contributed by atoms with Crippen molar-refractivity contribution in [3.63, 3.8) is 0 Å². The second kappa shape index (κ2) is 6.82. The zero-order valence-electron chi connectivity index (χ0n) is 10.5. The Labute approximate surface area is 109 Å². The van der Waals surface area contributed by atoms with Crippen LogP contribution in [0, 0.1) is 11.6 Å². The van der Waals surface area contributed by atoms with Crippen LogP contribution in [-0.2, 0) is 9.59 Å². The van der Waals surface area contributed by atoms with Gasteiger partial charge >= 0.3 is 5.97 Å². The average Bonchev–Trinajstić information content (AvgIpc) is 2.31. The van der Waals surface area contributed by atoms with E-state index in [1.54, 1.807) is 6.92 Å². The summed E-state index contributed by atoms with van der Waals surface area (Å²) < 4.78 is 26.5. The standard InChI is InChI=1S/C13H15F2NO3/c1-2-3-12(17)16(7-6-13(18)19)11-5-4-9(14)8-10(11)15/h4-5,8H,2-3,6-7H2,1H3,(H,18,19). The van der Waals surface area contributed by atoms with Crippen LogP contribution in [0.4, 0.5) is 14.5 Å². The van der Waals surface area contributed by atoms with Crippen molar-refractivity contribution < 1.29 is 23.5 Å². The zero-order valence-corrected chi connectivity index (χ0v) is 10.5. The molecule has 0 saturated carbocycles. The number of carbonyl (C=O) groups is 2. The van der Waals surface area contributed by atoms with Gasteiger partial charge in [-0.15, -0.1) is 0 Å². The molecule has 0 aliphatic heterocycles. The van der Waals surface area contributed by atoms with Gasteiger partial charge in [-0.2, -0.15) is 0 Å². The van der Waals surface area contributed by atoms with Gasteiger partial charge in [0.2, 0.25) is 5.91 Å². The first kappa shape index (κ1) is 15.1. The summed E-state index contributed by atoms with van der Waals surface area (Å²) in [4.78, 5) is 23.5. The van der Waals surface area contributed by atoms with Crippen molar-refractivity contribution in [3.8, 4) is 0 Å². The monoisotopic (exact) mass is 271 g/mol. The van der Waals surface area contributed by atoms with Crippen molar-refractivity contribution in [2.24, 2.45) is 0 Å². The Morgan fingerprint density at radius 3 is 2.47 bits per heavy atom. The van der Waals surface area contributed by atoms with E-state index in [4.69, 9.17) is 5.11 Å². The van der Waals surface area contributed by atoms with Gasteiger partial charge in [-0.1, -0.05) is 6.92 Å². The molecule has 1 aromatic rings. The van der Waals surface area contributed by atoms with E-state index in [1.807, 2.05) is 0 Å². The maximum atomic E-state index is 13.6. The van der Waals surface area contributed by atoms with Crippen molar-refractivity contribution >= 4 is 17.6 Å². The molecule has 0 aromatic heterocycles. The fourth-order valence-electron chi connectivity index (χ4n) is 1.64. The Morgan fingerprint density at radius 1 is 1.26 bits per heavy atom. The van der Waals surface area contributed by atoms with Gasteiger partial charge in [0.15, 0.2) is 0 Å². The Kier molecular flexibility index (Phi) is 5.41. The van der Waals surface area contributed by atoms with E-state index >= 15 is 0 Å². The highest BCUT2D eigenvalue weighted by molar-refractivity contribution is 5.93. The van der Waals surface area contributed by atoms with Gasteiger partial charge in [-0.05, 0) is 18.6 Å². The van der Waals surface area contributed by atoms with Crippen molar-refractivity contribution in [2.45, 2.75) is 26.2 Å². The van der Waals surface area contributed by atoms with E-state index < -0.39 is 17.6 Å². The number of benzene rings is 1. The Balaban J connectivity index is 3.00. The molecule has 0 saturated heterocycles. The smallest absolute Gasteiger partial charge is 0.305 e. The lowest BCUT2D eigenvalue weighted by molar-refractivity contribution is -0.136. The molecule has 0 bridgehead atoms. The maximum absolute atomic E-state index is 13.6. The number of hydrogen-bond donors (Lipinski definition) is 1. The van der Waals surface area contributed by atoms with Gasteiger partial charge < -0.3 is 10.0 Å². The van der Waals surface area contributed by atoms with Gasteiger partial charge in [0.05, 0.1) is 12.1 Å². The van der Waals surface area contributed by atoms with Crippen LogP contribution in [0.3, 0.4) is 0 Å². The molecule has 6 heteroatoms. The lowest BCUT2D eigenvalue weighted by Crippen LogP contribution is -2.33. The number of carboxylic acids is 1. The highest BCUT2D eigenvalue weighted by Gasteiger charge is 2.19. The predicted molar refractivity (Wildman–Crippen MR) is 65.9 cm³/mol. The van der Waals surface area contributed by atoms with E-state index in [9.17, 15) is 18.4 Å². The number of amides is 1. The van der Waals surface area contributed by atoms with Crippen LogP contribution in [0.5, 0.6) is 0 Å². The Morgan fingerprint density at radius 2 is 1.95 bits per heavy atom. The molecular formula is C13H15F2NO3. The highest BCUT2D eigenvalue weighted by Crippen LogP contribution is 2.21. The normalized spacial score (nSPS) is 10.3. The van der Waals surface area contributed by atoms with E-state index in [1.165, 1.54) is 0 Å². The summed E-state index contributed by atoms with van der Waals surface area (Å²) in [6.07, 6.45) is 0.438. The molecule has 19 heavy (non-hydrogen) atoms. The molecule has 0 atom stereocenters. The number of carboxylic acid groups (broad SMARTS) is 1. The molecule has 1 rings (SSSR count). The number of hydrogen-bond acceptors (Lipinski definition) is 2. The number of nitrogens with zero attached hydrogens (tertiary/aromatic N) is 1. The first-order chi connectivity index (χ1) is 8.95. The fourth-order valence-corrected chi connectivity index (χ4v) is 1.64. The topological polar surface area (TPSA) is 57.6 Å². The first-order valence-corrected chi connectivity index (χ1v) is 5.93. The summed E-state index contributed by atoms with van der Waals surface area (Å²) >= 11 is 0. The van der Waals surface area contributed by atoms with Crippen molar-refractivity contribution in [3.05, 3.63) is 29.8 Å².